The molecule has 2 N–H and O–H groups in total. The summed E-state index contributed by atoms with van der Waals surface area (Å²) in [5, 5.41) is 5.19. The fourth-order valence-electron chi connectivity index (χ4n) is 3.07. The number of nitrogens with one attached hydrogen (secondary N) is 2. The van der Waals surface area contributed by atoms with Crippen LogP contribution in [0.3, 0.4) is 0 Å². The highest BCUT2D eigenvalue weighted by atomic mass is 35.5. The summed E-state index contributed by atoms with van der Waals surface area (Å²) in [6.07, 6.45) is -0.155. The van der Waals surface area contributed by atoms with Crippen molar-refractivity contribution in [2.75, 3.05) is 17.2 Å². The van der Waals surface area contributed by atoms with Crippen molar-refractivity contribution in [1.82, 2.24) is 0 Å². The third-order valence-corrected chi connectivity index (χ3v) is 6.12. The topological polar surface area (TPSA) is 93.7 Å². The molecule has 0 fully saturated rings. The molecule has 7 nitrogen and oxygen atoms in total. The number of amides is 2. The Morgan fingerprint density at radius 3 is 2.61 bits per heavy atom. The van der Waals surface area contributed by atoms with Crippen molar-refractivity contribution in [3.8, 4) is 11.5 Å². The maximum atomic E-state index is 12.4. The van der Waals surface area contributed by atoms with E-state index in [-0.39, 0.29) is 12.3 Å². The van der Waals surface area contributed by atoms with Gasteiger partial charge in [0, 0.05) is 9.92 Å². The lowest BCUT2D eigenvalue weighted by atomic mass is 10.2. The molecule has 1 aliphatic heterocycles. The van der Waals surface area contributed by atoms with Crippen molar-refractivity contribution in [2.24, 2.45) is 0 Å². The second kappa shape index (κ2) is 10.4. The fourth-order valence-corrected chi connectivity index (χ4v) is 4.34. The van der Waals surface area contributed by atoms with E-state index in [1.165, 1.54) is 11.8 Å². The molecule has 168 valence electrons. The monoisotopic (exact) mass is 482 g/mol. The molecule has 3 aromatic rings. The zero-order valence-corrected chi connectivity index (χ0v) is 18.8. The van der Waals surface area contributed by atoms with Crippen LogP contribution in [-0.4, -0.2) is 29.6 Å². The molecule has 0 saturated heterocycles. The number of esters is 1. The number of hydrogen-bond donors (Lipinski definition) is 2. The van der Waals surface area contributed by atoms with Gasteiger partial charge in [0.25, 0.3) is 5.91 Å². The molecule has 0 bridgehead atoms. The Hall–Kier alpha value is -3.49. The summed E-state index contributed by atoms with van der Waals surface area (Å²) in [6, 6.07) is 21.2. The van der Waals surface area contributed by atoms with Crippen molar-refractivity contribution in [3.63, 3.8) is 0 Å². The van der Waals surface area contributed by atoms with Crippen LogP contribution in [0.1, 0.15) is 6.42 Å². The number of halogens is 1. The lowest BCUT2D eigenvalue weighted by molar-refractivity contribution is -0.147. The van der Waals surface area contributed by atoms with E-state index in [9.17, 15) is 14.4 Å². The number of carbonyl (C=O) groups is 3. The van der Waals surface area contributed by atoms with Gasteiger partial charge in [-0.25, -0.2) is 0 Å². The van der Waals surface area contributed by atoms with Gasteiger partial charge in [-0.05, 0) is 42.5 Å². The Kier molecular flexibility index (Phi) is 7.16. The molecule has 33 heavy (non-hydrogen) atoms. The maximum Gasteiger partial charge on any atom is 0.307 e. The molecule has 2 amide bonds. The van der Waals surface area contributed by atoms with Crippen LogP contribution in [0.15, 0.2) is 77.7 Å². The van der Waals surface area contributed by atoms with Crippen LogP contribution in [-0.2, 0) is 19.1 Å². The van der Waals surface area contributed by atoms with E-state index in [2.05, 4.69) is 10.6 Å². The van der Waals surface area contributed by atoms with Gasteiger partial charge in [-0.2, -0.15) is 0 Å². The number of ether oxygens (including phenoxy) is 2. The van der Waals surface area contributed by atoms with Crippen molar-refractivity contribution in [1.29, 1.82) is 0 Å². The molecule has 0 unspecified atom stereocenters. The van der Waals surface area contributed by atoms with Crippen LogP contribution in [0, 0.1) is 0 Å². The summed E-state index contributed by atoms with van der Waals surface area (Å²) >= 11 is 7.35. The number of fused-ring (bicyclic) bond motifs is 1. The first kappa shape index (κ1) is 22.7. The molecule has 0 saturated carbocycles. The third-order valence-electron chi connectivity index (χ3n) is 4.61. The average molecular weight is 483 g/mol. The molecule has 3 aromatic carbocycles. The molecular formula is C24H19ClN2O5S. The summed E-state index contributed by atoms with van der Waals surface area (Å²) in [6.45, 7) is -0.508. The van der Waals surface area contributed by atoms with Gasteiger partial charge >= 0.3 is 5.97 Å². The van der Waals surface area contributed by atoms with Gasteiger partial charge in [0.05, 0.1) is 23.0 Å². The predicted octanol–water partition coefficient (Wildman–Crippen LogP) is 5.12. The van der Waals surface area contributed by atoms with Gasteiger partial charge in [-0.3, -0.25) is 14.4 Å². The summed E-state index contributed by atoms with van der Waals surface area (Å²) in [4.78, 5) is 37.7. The molecular weight excluding hydrogens is 464 g/mol. The maximum absolute atomic E-state index is 12.4. The normalized spacial score (nSPS) is 14.6. The molecule has 1 atom stereocenters. The molecule has 0 aromatic heterocycles. The van der Waals surface area contributed by atoms with E-state index in [0.717, 1.165) is 4.90 Å². The Bertz CT molecular complexity index is 1190. The van der Waals surface area contributed by atoms with Gasteiger partial charge in [0.2, 0.25) is 5.91 Å². The number of benzene rings is 3. The summed E-state index contributed by atoms with van der Waals surface area (Å²) in [7, 11) is 0. The highest BCUT2D eigenvalue weighted by Crippen LogP contribution is 2.36. The smallest absolute Gasteiger partial charge is 0.307 e. The highest BCUT2D eigenvalue weighted by Gasteiger charge is 2.29. The first-order valence-corrected chi connectivity index (χ1v) is 11.3. The SMILES string of the molecule is O=C(COC(=O)C[C@@H]1Sc2ccccc2NC1=O)Nc1cc(Cl)ccc1Oc1ccccc1. The molecule has 0 radical (unpaired) electrons. The second-order valence-corrected chi connectivity index (χ2v) is 8.74. The first-order chi connectivity index (χ1) is 16.0. The predicted molar refractivity (Wildman–Crippen MR) is 127 cm³/mol. The molecule has 4 rings (SSSR count). The lowest BCUT2D eigenvalue weighted by Gasteiger charge is -2.23. The van der Waals surface area contributed by atoms with E-state index in [0.29, 0.717) is 27.9 Å². The third kappa shape index (κ3) is 6.06. The van der Waals surface area contributed by atoms with Gasteiger partial charge in [-0.15, -0.1) is 11.8 Å². The average Bonchev–Trinajstić information content (AvgIpc) is 2.81. The van der Waals surface area contributed by atoms with Gasteiger partial charge in [0.15, 0.2) is 12.4 Å². The number of para-hydroxylation sites is 2. The summed E-state index contributed by atoms with van der Waals surface area (Å²) in [5.41, 5.74) is 1.05. The summed E-state index contributed by atoms with van der Waals surface area (Å²) < 4.78 is 10.9. The standard InChI is InChI=1S/C24H19ClN2O5S/c25-15-10-11-19(32-16-6-2-1-3-7-16)18(12-15)26-22(28)14-31-23(29)13-21-24(30)27-17-8-4-5-9-20(17)33-21/h1-12,21H,13-14H2,(H,26,28)(H,27,30)/t21-/m0/s1. The van der Waals surface area contributed by atoms with Crippen LogP contribution in [0.5, 0.6) is 11.5 Å². The van der Waals surface area contributed by atoms with Crippen LogP contribution in [0.2, 0.25) is 5.02 Å². The number of rotatable bonds is 7. The van der Waals surface area contributed by atoms with Crippen LogP contribution >= 0.6 is 23.4 Å². The minimum absolute atomic E-state index is 0.155. The molecule has 1 aliphatic rings. The number of carbonyl (C=O) groups excluding carboxylic acids is 3. The largest absolute Gasteiger partial charge is 0.456 e. The van der Waals surface area contributed by atoms with Gasteiger partial charge in [0.1, 0.15) is 5.75 Å². The lowest BCUT2D eigenvalue weighted by Crippen LogP contribution is -2.32. The number of anilines is 2. The van der Waals surface area contributed by atoms with Crippen molar-refractivity contribution in [3.05, 3.63) is 77.8 Å². The Labute approximate surface area is 199 Å². The van der Waals surface area contributed by atoms with Gasteiger partial charge < -0.3 is 20.1 Å². The number of hydrogen-bond acceptors (Lipinski definition) is 6. The van der Waals surface area contributed by atoms with Crippen LogP contribution in [0.4, 0.5) is 11.4 Å². The summed E-state index contributed by atoms with van der Waals surface area (Å²) in [5.74, 6) is -0.508. The van der Waals surface area contributed by atoms with E-state index in [4.69, 9.17) is 21.1 Å². The Morgan fingerprint density at radius 2 is 1.79 bits per heavy atom. The van der Waals surface area contributed by atoms with E-state index >= 15 is 0 Å². The second-order valence-electron chi connectivity index (χ2n) is 7.06. The number of thioether (sulfide) groups is 1. The van der Waals surface area contributed by atoms with Crippen molar-refractivity contribution < 1.29 is 23.9 Å². The fraction of sp³-hybridized carbons (Fsp3) is 0.125. The molecule has 0 aliphatic carbocycles. The van der Waals surface area contributed by atoms with Crippen molar-refractivity contribution >= 4 is 52.5 Å². The van der Waals surface area contributed by atoms with E-state index in [1.807, 2.05) is 36.4 Å². The zero-order valence-electron chi connectivity index (χ0n) is 17.2. The van der Waals surface area contributed by atoms with E-state index in [1.54, 1.807) is 36.4 Å². The van der Waals surface area contributed by atoms with Crippen LogP contribution in [0.25, 0.3) is 0 Å². The quantitative estimate of drug-likeness (QED) is 0.454. The Morgan fingerprint density at radius 1 is 1.03 bits per heavy atom. The molecule has 0 spiro atoms. The first-order valence-electron chi connectivity index (χ1n) is 10.0. The minimum atomic E-state index is -0.649. The van der Waals surface area contributed by atoms with Crippen molar-refractivity contribution in [2.45, 2.75) is 16.6 Å². The minimum Gasteiger partial charge on any atom is -0.456 e. The van der Waals surface area contributed by atoms with E-state index < -0.39 is 23.7 Å². The zero-order chi connectivity index (χ0) is 23.2. The highest BCUT2D eigenvalue weighted by molar-refractivity contribution is 8.01. The molecule has 9 heteroatoms. The van der Waals surface area contributed by atoms with Gasteiger partial charge in [-0.1, -0.05) is 41.9 Å². The Balaban J connectivity index is 1.32. The van der Waals surface area contributed by atoms with Crippen LogP contribution < -0.4 is 15.4 Å². The molecule has 1 heterocycles.